The van der Waals surface area contributed by atoms with E-state index in [2.05, 4.69) is 6.92 Å². The molecule has 0 aliphatic carbocycles. The van der Waals surface area contributed by atoms with Gasteiger partial charge in [-0.1, -0.05) is 47.0 Å². The predicted octanol–water partition coefficient (Wildman–Crippen LogP) is 2.51. The van der Waals surface area contributed by atoms with Gasteiger partial charge in [0.25, 0.3) is 0 Å². The van der Waals surface area contributed by atoms with Crippen molar-refractivity contribution in [3.8, 4) is 0 Å². The van der Waals surface area contributed by atoms with Gasteiger partial charge in [-0.25, -0.2) is 0 Å². The summed E-state index contributed by atoms with van der Waals surface area (Å²) in [6.07, 6.45) is 4.25. The maximum absolute atomic E-state index is 11.6. The van der Waals surface area contributed by atoms with Crippen LogP contribution >= 0.6 is 0 Å². The lowest BCUT2D eigenvalue weighted by molar-refractivity contribution is -0.127. The van der Waals surface area contributed by atoms with Crippen LogP contribution in [0.25, 0.3) is 0 Å². The molecule has 0 aromatic carbocycles. The summed E-state index contributed by atoms with van der Waals surface area (Å²) >= 11 is 0. The normalized spacial score (nSPS) is 14.2. The molecule has 0 aliphatic rings. The van der Waals surface area contributed by atoms with Gasteiger partial charge in [0, 0.05) is 5.41 Å². The Morgan fingerprint density at radius 2 is 1.85 bits per heavy atom. The van der Waals surface area contributed by atoms with Gasteiger partial charge >= 0.3 is 0 Å². The zero-order valence-corrected chi connectivity index (χ0v) is 9.39. The van der Waals surface area contributed by atoms with E-state index in [0.717, 1.165) is 12.8 Å². The second-order valence-electron chi connectivity index (χ2n) is 4.72. The lowest BCUT2D eigenvalue weighted by Crippen LogP contribution is -2.38. The van der Waals surface area contributed by atoms with Crippen LogP contribution in [0.3, 0.4) is 0 Å². The predicted molar refractivity (Wildman–Crippen MR) is 56.6 cm³/mol. The van der Waals surface area contributed by atoms with Crippen molar-refractivity contribution in [2.45, 2.75) is 59.4 Å². The molecule has 0 bridgehead atoms. The molecule has 2 nitrogen and oxygen atoms in total. The van der Waals surface area contributed by atoms with Crippen LogP contribution in [-0.4, -0.2) is 11.8 Å². The molecule has 1 atom stereocenters. The molecule has 0 amide bonds. The first kappa shape index (κ1) is 12.6. The van der Waals surface area contributed by atoms with Crippen LogP contribution < -0.4 is 5.73 Å². The number of nitrogens with two attached hydrogens (primary N) is 1. The molecule has 1 unspecified atom stereocenters. The smallest absolute Gasteiger partial charge is 0.154 e. The Morgan fingerprint density at radius 1 is 1.31 bits per heavy atom. The maximum Gasteiger partial charge on any atom is 0.154 e. The zero-order chi connectivity index (χ0) is 10.5. The molecule has 2 heteroatoms. The van der Waals surface area contributed by atoms with E-state index in [1.54, 1.807) is 0 Å². The fourth-order valence-electron chi connectivity index (χ4n) is 1.30. The fraction of sp³-hybridized carbons (Fsp3) is 0.909. The van der Waals surface area contributed by atoms with Crippen LogP contribution in [-0.2, 0) is 4.79 Å². The topological polar surface area (TPSA) is 43.1 Å². The Hall–Kier alpha value is -0.370. The van der Waals surface area contributed by atoms with Crippen LogP contribution in [0, 0.1) is 5.41 Å². The van der Waals surface area contributed by atoms with E-state index in [9.17, 15) is 4.79 Å². The number of Topliss-reactive ketones (excluding diaryl/α,β-unsaturated/α-hetero) is 1. The monoisotopic (exact) mass is 185 g/mol. The molecular weight excluding hydrogens is 162 g/mol. The Kier molecular flexibility index (Phi) is 5.23. The van der Waals surface area contributed by atoms with Crippen LogP contribution in [0.15, 0.2) is 0 Å². The molecule has 0 radical (unpaired) electrons. The van der Waals surface area contributed by atoms with E-state index in [0.29, 0.717) is 0 Å². The van der Waals surface area contributed by atoms with Gasteiger partial charge in [-0.05, 0) is 6.42 Å². The van der Waals surface area contributed by atoms with Gasteiger partial charge in [0.2, 0.25) is 0 Å². The minimum Gasteiger partial charge on any atom is -0.321 e. The average Bonchev–Trinajstić information content (AvgIpc) is 2.01. The number of unbranched alkanes of at least 4 members (excludes halogenated alkanes) is 2. The summed E-state index contributed by atoms with van der Waals surface area (Å²) in [7, 11) is 0. The first-order chi connectivity index (χ1) is 5.89. The van der Waals surface area contributed by atoms with Gasteiger partial charge in [0.05, 0.1) is 6.04 Å². The third-order valence-electron chi connectivity index (χ3n) is 2.19. The van der Waals surface area contributed by atoms with Crippen molar-refractivity contribution in [2.24, 2.45) is 11.1 Å². The van der Waals surface area contributed by atoms with E-state index in [4.69, 9.17) is 5.73 Å². The highest BCUT2D eigenvalue weighted by molar-refractivity contribution is 5.88. The molecule has 0 saturated carbocycles. The summed E-state index contributed by atoms with van der Waals surface area (Å²) in [6, 6.07) is -0.258. The summed E-state index contributed by atoms with van der Waals surface area (Å²) in [5.41, 5.74) is 5.51. The van der Waals surface area contributed by atoms with E-state index < -0.39 is 0 Å². The third kappa shape index (κ3) is 5.04. The first-order valence-electron chi connectivity index (χ1n) is 5.19. The number of carbonyl (C=O) groups excluding carboxylic acids is 1. The summed E-state index contributed by atoms with van der Waals surface area (Å²) in [5.74, 6) is 0.184. The van der Waals surface area contributed by atoms with E-state index in [1.807, 2.05) is 20.8 Å². The Morgan fingerprint density at radius 3 is 2.23 bits per heavy atom. The molecular formula is C11H23NO. The SMILES string of the molecule is CCCCCC(N)C(=O)C(C)(C)C. The molecule has 0 saturated heterocycles. The average molecular weight is 185 g/mol. The van der Waals surface area contributed by atoms with Crippen molar-refractivity contribution < 1.29 is 4.79 Å². The maximum atomic E-state index is 11.6. The van der Waals surface area contributed by atoms with Crippen LogP contribution in [0.4, 0.5) is 0 Å². The molecule has 78 valence electrons. The number of rotatable bonds is 5. The van der Waals surface area contributed by atoms with Crippen molar-refractivity contribution in [2.75, 3.05) is 0 Å². The molecule has 0 aromatic heterocycles. The molecule has 0 aliphatic heterocycles. The Labute approximate surface area is 81.9 Å². The Bertz CT molecular complexity index is 158. The second kappa shape index (κ2) is 5.38. The van der Waals surface area contributed by atoms with Crippen molar-refractivity contribution in [3.63, 3.8) is 0 Å². The summed E-state index contributed by atoms with van der Waals surface area (Å²) in [5, 5.41) is 0. The van der Waals surface area contributed by atoms with Crippen LogP contribution in [0.5, 0.6) is 0 Å². The van der Waals surface area contributed by atoms with Gasteiger partial charge in [-0.3, -0.25) is 4.79 Å². The number of carbonyl (C=O) groups is 1. The minimum atomic E-state index is -0.286. The highest BCUT2D eigenvalue weighted by atomic mass is 16.1. The highest BCUT2D eigenvalue weighted by Crippen LogP contribution is 2.18. The lowest BCUT2D eigenvalue weighted by Gasteiger charge is -2.21. The summed E-state index contributed by atoms with van der Waals surface area (Å²) in [6.45, 7) is 7.93. The van der Waals surface area contributed by atoms with Crippen molar-refractivity contribution in [1.29, 1.82) is 0 Å². The molecule has 13 heavy (non-hydrogen) atoms. The van der Waals surface area contributed by atoms with Gasteiger partial charge in [-0.15, -0.1) is 0 Å². The molecule has 2 N–H and O–H groups in total. The standard InChI is InChI=1S/C11H23NO/c1-5-6-7-8-9(12)10(13)11(2,3)4/h9H,5-8,12H2,1-4H3. The van der Waals surface area contributed by atoms with Crippen LogP contribution in [0.2, 0.25) is 0 Å². The van der Waals surface area contributed by atoms with E-state index >= 15 is 0 Å². The van der Waals surface area contributed by atoms with Crippen LogP contribution in [0.1, 0.15) is 53.4 Å². The molecule has 0 rings (SSSR count). The number of hydrogen-bond donors (Lipinski definition) is 1. The summed E-state index contributed by atoms with van der Waals surface area (Å²) in [4.78, 5) is 11.6. The second-order valence-corrected chi connectivity index (χ2v) is 4.72. The van der Waals surface area contributed by atoms with E-state index in [1.165, 1.54) is 12.8 Å². The zero-order valence-electron chi connectivity index (χ0n) is 9.39. The van der Waals surface area contributed by atoms with Gasteiger partial charge < -0.3 is 5.73 Å². The number of hydrogen-bond acceptors (Lipinski definition) is 2. The van der Waals surface area contributed by atoms with Gasteiger partial charge in [-0.2, -0.15) is 0 Å². The van der Waals surface area contributed by atoms with Gasteiger partial charge in [0.15, 0.2) is 5.78 Å². The largest absolute Gasteiger partial charge is 0.321 e. The van der Waals surface area contributed by atoms with Crippen molar-refractivity contribution >= 4 is 5.78 Å². The lowest BCUT2D eigenvalue weighted by atomic mass is 9.85. The first-order valence-corrected chi connectivity index (χ1v) is 5.19. The summed E-state index contributed by atoms with van der Waals surface area (Å²) < 4.78 is 0. The van der Waals surface area contributed by atoms with Gasteiger partial charge in [0.1, 0.15) is 0 Å². The third-order valence-corrected chi connectivity index (χ3v) is 2.19. The highest BCUT2D eigenvalue weighted by Gasteiger charge is 2.26. The quantitative estimate of drug-likeness (QED) is 0.669. The minimum absolute atomic E-state index is 0.184. The molecule has 0 fully saturated rings. The van der Waals surface area contributed by atoms with Crippen molar-refractivity contribution in [3.05, 3.63) is 0 Å². The van der Waals surface area contributed by atoms with Crippen molar-refractivity contribution in [1.82, 2.24) is 0 Å². The fourth-order valence-corrected chi connectivity index (χ4v) is 1.30. The van der Waals surface area contributed by atoms with E-state index in [-0.39, 0.29) is 17.2 Å². The number of ketones is 1. The molecule has 0 spiro atoms. The Balaban J connectivity index is 3.84. The molecule has 0 aromatic rings. The molecule has 0 heterocycles.